The van der Waals surface area contributed by atoms with Crippen molar-refractivity contribution in [3.8, 4) is 6.07 Å². The lowest BCUT2D eigenvalue weighted by molar-refractivity contribution is -0.130. The fourth-order valence-corrected chi connectivity index (χ4v) is 4.16. The van der Waals surface area contributed by atoms with Gasteiger partial charge in [0.05, 0.1) is 17.8 Å². The standard InChI is InChI=1S/C19H25BrN6O2/c1-23-17(27)14-22-26(19(23)28)8-3-2-7-24-9-11-25(12-10-24)18-15(13-21)5-4-6-16(18)20/h4-6,22H,2-3,7-12,14H2,1H3. The van der Waals surface area contributed by atoms with Gasteiger partial charge in [-0.15, -0.1) is 0 Å². The molecule has 0 saturated carbocycles. The number of carbonyl (C=O) groups is 2. The van der Waals surface area contributed by atoms with Gasteiger partial charge in [-0.05, 0) is 47.4 Å². The molecule has 1 aromatic rings. The van der Waals surface area contributed by atoms with Gasteiger partial charge >= 0.3 is 6.03 Å². The van der Waals surface area contributed by atoms with Crippen LogP contribution in [0.15, 0.2) is 22.7 Å². The van der Waals surface area contributed by atoms with E-state index in [-0.39, 0.29) is 18.5 Å². The number of nitriles is 1. The van der Waals surface area contributed by atoms with Crippen LogP contribution in [0.2, 0.25) is 0 Å². The highest BCUT2D eigenvalue weighted by molar-refractivity contribution is 9.10. The first kappa shape index (κ1) is 20.6. The van der Waals surface area contributed by atoms with Gasteiger partial charge in [0, 0.05) is 44.2 Å². The molecule has 0 bridgehead atoms. The summed E-state index contributed by atoms with van der Waals surface area (Å²) in [5, 5.41) is 10.9. The second kappa shape index (κ2) is 9.37. The Bertz CT molecular complexity index is 772. The molecule has 8 nitrogen and oxygen atoms in total. The molecule has 150 valence electrons. The number of urea groups is 1. The normalized spacial score (nSPS) is 18.5. The predicted octanol–water partition coefficient (Wildman–Crippen LogP) is 1.62. The second-order valence-corrected chi connectivity index (χ2v) is 7.86. The molecule has 0 atom stereocenters. The zero-order valence-electron chi connectivity index (χ0n) is 16.0. The van der Waals surface area contributed by atoms with E-state index >= 15 is 0 Å². The molecule has 3 rings (SSSR count). The van der Waals surface area contributed by atoms with Crippen LogP contribution in [0.1, 0.15) is 18.4 Å². The first-order chi connectivity index (χ1) is 13.5. The van der Waals surface area contributed by atoms with E-state index in [2.05, 4.69) is 37.2 Å². The maximum absolute atomic E-state index is 12.0. The Balaban J connectivity index is 1.40. The fraction of sp³-hybridized carbons (Fsp3) is 0.526. The number of hydrogen-bond donors (Lipinski definition) is 1. The molecule has 1 aromatic carbocycles. The monoisotopic (exact) mass is 448 g/mol. The Kier molecular flexibility index (Phi) is 6.88. The molecule has 0 aromatic heterocycles. The molecule has 0 radical (unpaired) electrons. The van der Waals surface area contributed by atoms with Crippen LogP contribution in [0, 0.1) is 11.3 Å². The van der Waals surface area contributed by atoms with E-state index in [4.69, 9.17) is 0 Å². The highest BCUT2D eigenvalue weighted by Crippen LogP contribution is 2.30. The topological polar surface area (TPSA) is 82.9 Å². The van der Waals surface area contributed by atoms with Crippen molar-refractivity contribution in [2.24, 2.45) is 0 Å². The molecule has 2 aliphatic rings. The van der Waals surface area contributed by atoms with Crippen molar-refractivity contribution < 1.29 is 9.59 Å². The van der Waals surface area contributed by atoms with Crippen LogP contribution in [-0.4, -0.2) is 79.6 Å². The summed E-state index contributed by atoms with van der Waals surface area (Å²) in [4.78, 5) is 29.3. The minimum Gasteiger partial charge on any atom is -0.367 e. The summed E-state index contributed by atoms with van der Waals surface area (Å²) in [5.74, 6) is -0.205. The Morgan fingerprint density at radius 1 is 1.14 bits per heavy atom. The summed E-state index contributed by atoms with van der Waals surface area (Å²) in [7, 11) is 1.51. The summed E-state index contributed by atoms with van der Waals surface area (Å²) >= 11 is 3.57. The number of nitrogens with one attached hydrogen (secondary N) is 1. The maximum Gasteiger partial charge on any atom is 0.340 e. The minimum absolute atomic E-state index is 0.171. The molecule has 3 amide bonds. The Morgan fingerprint density at radius 2 is 1.86 bits per heavy atom. The van der Waals surface area contributed by atoms with E-state index in [1.807, 2.05) is 18.2 Å². The summed E-state index contributed by atoms with van der Waals surface area (Å²) in [5.41, 5.74) is 4.55. The number of imide groups is 1. The number of piperazine rings is 1. The summed E-state index contributed by atoms with van der Waals surface area (Å²) < 4.78 is 0.960. The van der Waals surface area contributed by atoms with Gasteiger partial charge in [-0.3, -0.25) is 19.6 Å². The molecule has 0 unspecified atom stereocenters. The van der Waals surface area contributed by atoms with Crippen molar-refractivity contribution in [2.45, 2.75) is 12.8 Å². The molecule has 2 saturated heterocycles. The molecule has 2 fully saturated rings. The van der Waals surface area contributed by atoms with Gasteiger partial charge < -0.3 is 4.90 Å². The highest BCUT2D eigenvalue weighted by Gasteiger charge is 2.28. The molecule has 28 heavy (non-hydrogen) atoms. The number of nitrogens with zero attached hydrogens (tertiary/aromatic N) is 5. The van der Waals surface area contributed by atoms with E-state index in [0.717, 1.165) is 60.6 Å². The largest absolute Gasteiger partial charge is 0.367 e. The lowest BCUT2D eigenvalue weighted by Gasteiger charge is -2.37. The van der Waals surface area contributed by atoms with Crippen LogP contribution in [0.3, 0.4) is 0 Å². The first-order valence-corrected chi connectivity index (χ1v) is 10.3. The van der Waals surface area contributed by atoms with Crippen LogP contribution < -0.4 is 10.3 Å². The van der Waals surface area contributed by atoms with Crippen LogP contribution >= 0.6 is 15.9 Å². The van der Waals surface area contributed by atoms with E-state index in [0.29, 0.717) is 12.1 Å². The van der Waals surface area contributed by atoms with Crippen molar-refractivity contribution >= 4 is 33.6 Å². The average Bonchev–Trinajstić information content (AvgIpc) is 2.71. The smallest absolute Gasteiger partial charge is 0.340 e. The molecule has 2 heterocycles. The van der Waals surface area contributed by atoms with Crippen LogP contribution in [0.5, 0.6) is 0 Å². The van der Waals surface area contributed by atoms with Crippen molar-refractivity contribution in [2.75, 3.05) is 57.8 Å². The van der Waals surface area contributed by atoms with Crippen molar-refractivity contribution in [3.05, 3.63) is 28.2 Å². The van der Waals surface area contributed by atoms with E-state index in [9.17, 15) is 14.9 Å². The van der Waals surface area contributed by atoms with Crippen molar-refractivity contribution in [3.63, 3.8) is 0 Å². The van der Waals surface area contributed by atoms with E-state index < -0.39 is 0 Å². The zero-order chi connectivity index (χ0) is 20.1. The SMILES string of the molecule is CN1C(=O)CNN(CCCCN2CCN(c3c(Br)cccc3C#N)CC2)C1=O. The number of anilines is 1. The Morgan fingerprint density at radius 3 is 2.57 bits per heavy atom. The number of para-hydroxylation sites is 1. The summed E-state index contributed by atoms with van der Waals surface area (Å²) in [6.45, 7) is 5.41. The number of likely N-dealkylation sites (N-methyl/N-ethyl adjacent to an activating group) is 1. The molecule has 1 N–H and O–H groups in total. The molecule has 9 heteroatoms. The Hall–Kier alpha value is -2.15. The number of rotatable bonds is 6. The van der Waals surface area contributed by atoms with Crippen LogP contribution in [0.4, 0.5) is 10.5 Å². The molecular formula is C19H25BrN6O2. The minimum atomic E-state index is -0.286. The number of amides is 3. The van der Waals surface area contributed by atoms with Crippen molar-refractivity contribution in [1.29, 1.82) is 5.26 Å². The van der Waals surface area contributed by atoms with E-state index in [1.165, 1.54) is 12.1 Å². The molecule has 2 aliphatic heterocycles. The molecule has 0 spiro atoms. The van der Waals surface area contributed by atoms with Gasteiger partial charge in [0.2, 0.25) is 5.91 Å². The first-order valence-electron chi connectivity index (χ1n) is 9.48. The summed E-state index contributed by atoms with van der Waals surface area (Å²) in [6, 6.07) is 7.71. The lowest BCUT2D eigenvalue weighted by Crippen LogP contribution is -2.59. The number of hydrogen-bond acceptors (Lipinski definition) is 6. The van der Waals surface area contributed by atoms with Gasteiger partial charge in [0.25, 0.3) is 0 Å². The number of hydrazine groups is 1. The van der Waals surface area contributed by atoms with Crippen LogP contribution in [-0.2, 0) is 4.79 Å². The number of unbranched alkanes of at least 4 members (excludes halogenated alkanes) is 1. The van der Waals surface area contributed by atoms with Gasteiger partial charge in [0.15, 0.2) is 0 Å². The number of halogens is 1. The Labute approximate surface area is 173 Å². The quantitative estimate of drug-likeness (QED) is 0.665. The number of benzene rings is 1. The van der Waals surface area contributed by atoms with Crippen molar-refractivity contribution in [1.82, 2.24) is 20.2 Å². The third-order valence-corrected chi connectivity index (χ3v) is 5.85. The van der Waals surface area contributed by atoms with Gasteiger partial charge in [-0.2, -0.15) is 5.26 Å². The lowest BCUT2D eigenvalue weighted by atomic mass is 10.1. The predicted molar refractivity (Wildman–Crippen MR) is 110 cm³/mol. The third-order valence-electron chi connectivity index (χ3n) is 5.21. The highest BCUT2D eigenvalue weighted by atomic mass is 79.9. The van der Waals surface area contributed by atoms with Gasteiger partial charge in [0.1, 0.15) is 6.07 Å². The van der Waals surface area contributed by atoms with Gasteiger partial charge in [-0.25, -0.2) is 10.2 Å². The van der Waals surface area contributed by atoms with Crippen LogP contribution in [0.25, 0.3) is 0 Å². The molecule has 0 aliphatic carbocycles. The fourth-order valence-electron chi connectivity index (χ4n) is 3.54. The average molecular weight is 449 g/mol. The maximum atomic E-state index is 12.0. The van der Waals surface area contributed by atoms with Gasteiger partial charge in [-0.1, -0.05) is 6.07 Å². The summed E-state index contributed by atoms with van der Waals surface area (Å²) in [6.07, 6.45) is 1.87. The number of carbonyl (C=O) groups excluding carboxylic acids is 2. The zero-order valence-corrected chi connectivity index (χ0v) is 17.6. The third kappa shape index (κ3) is 4.63. The second-order valence-electron chi connectivity index (χ2n) is 7.01. The van der Waals surface area contributed by atoms with E-state index in [1.54, 1.807) is 0 Å². The molecular weight excluding hydrogens is 424 g/mol.